The highest BCUT2D eigenvalue weighted by Gasteiger charge is 2.11. The van der Waals surface area contributed by atoms with Gasteiger partial charge in [0.1, 0.15) is 11.3 Å². The number of benzene rings is 1. The Balaban J connectivity index is 2.01. The van der Waals surface area contributed by atoms with Crippen LogP contribution in [0.2, 0.25) is 0 Å². The molecule has 0 bridgehead atoms. The van der Waals surface area contributed by atoms with Gasteiger partial charge in [-0.3, -0.25) is 0 Å². The van der Waals surface area contributed by atoms with Crippen LogP contribution in [-0.2, 0) is 6.42 Å². The van der Waals surface area contributed by atoms with E-state index in [1.807, 2.05) is 30.3 Å². The molecule has 0 saturated heterocycles. The molecular weight excluding hydrogens is 235 g/mol. The van der Waals surface area contributed by atoms with Gasteiger partial charge in [0.05, 0.1) is 0 Å². The van der Waals surface area contributed by atoms with E-state index in [-0.39, 0.29) is 11.2 Å². The van der Waals surface area contributed by atoms with Gasteiger partial charge in [-0.25, -0.2) is 4.98 Å². The highest BCUT2D eigenvalue weighted by atomic mass is 19.1. The molecule has 1 aromatic carbocycles. The Kier molecular flexibility index (Phi) is 2.40. The second-order valence-corrected chi connectivity index (χ2v) is 3.86. The van der Waals surface area contributed by atoms with E-state index in [4.69, 9.17) is 0 Å². The van der Waals surface area contributed by atoms with E-state index in [0.29, 0.717) is 12.2 Å². The highest BCUT2D eigenvalue weighted by Crippen LogP contribution is 2.19. The molecule has 0 aliphatic carbocycles. The van der Waals surface area contributed by atoms with Gasteiger partial charge in [0.15, 0.2) is 5.65 Å². The number of halogens is 1. The minimum absolute atomic E-state index is 0.130. The number of nitrogens with one attached hydrogen (secondary N) is 1. The molecule has 18 heavy (non-hydrogen) atoms. The van der Waals surface area contributed by atoms with E-state index in [1.165, 1.54) is 0 Å². The molecule has 0 saturated carbocycles. The van der Waals surface area contributed by atoms with E-state index < -0.39 is 12.0 Å². The van der Waals surface area contributed by atoms with Crippen molar-refractivity contribution in [2.24, 2.45) is 0 Å². The Morgan fingerprint density at radius 1 is 1.11 bits per heavy atom. The van der Waals surface area contributed by atoms with Crippen molar-refractivity contribution in [1.29, 1.82) is 0 Å². The molecule has 0 radical (unpaired) electrons. The van der Waals surface area contributed by atoms with E-state index >= 15 is 0 Å². The van der Waals surface area contributed by atoms with Gasteiger partial charge in [-0.05, 0) is 5.56 Å². The fraction of sp³-hybridized carbons (Fsp3) is 0.0833. The minimum atomic E-state index is -0.988. The third-order valence-corrected chi connectivity index (χ3v) is 2.57. The first-order valence-corrected chi connectivity index (χ1v) is 5.37. The van der Waals surface area contributed by atoms with Crippen LogP contribution in [-0.4, -0.2) is 25.0 Å². The molecule has 0 aliphatic heterocycles. The fourth-order valence-electron chi connectivity index (χ4n) is 1.78. The summed E-state index contributed by atoms with van der Waals surface area (Å²) < 4.78 is 12.9. The molecule has 0 spiro atoms. The number of hydrogen-bond acceptors (Lipinski definition) is 4. The number of fused-ring (bicyclic) bond motifs is 1. The zero-order valence-electron chi connectivity index (χ0n) is 9.26. The second-order valence-electron chi connectivity index (χ2n) is 3.86. The van der Waals surface area contributed by atoms with Gasteiger partial charge in [-0.1, -0.05) is 30.3 Å². The molecule has 0 unspecified atom stereocenters. The number of rotatable bonds is 2. The van der Waals surface area contributed by atoms with Crippen molar-refractivity contribution in [1.82, 2.24) is 19.9 Å². The first-order chi connectivity index (χ1) is 8.72. The molecule has 5 nitrogen and oxygen atoms in total. The third kappa shape index (κ3) is 1.88. The Bertz CT molecular complexity index is 696. The largest absolute Gasteiger partial charge is 0.492 e. The number of H-pyrrole nitrogens is 1. The normalized spacial score (nSPS) is 10.9. The lowest BCUT2D eigenvalue weighted by atomic mass is 10.1. The third-order valence-electron chi connectivity index (χ3n) is 2.57. The number of imidazole rings is 1. The molecule has 2 aromatic heterocycles. The maximum absolute atomic E-state index is 12.9. The molecule has 0 fully saturated rings. The molecule has 3 rings (SSSR count). The lowest BCUT2D eigenvalue weighted by Gasteiger charge is -1.96. The van der Waals surface area contributed by atoms with Crippen LogP contribution in [0, 0.1) is 6.08 Å². The summed E-state index contributed by atoms with van der Waals surface area (Å²) in [5.41, 5.74) is 1.44. The molecule has 6 heteroatoms. The van der Waals surface area contributed by atoms with Gasteiger partial charge in [0.25, 0.3) is 0 Å². The van der Waals surface area contributed by atoms with Crippen molar-refractivity contribution < 1.29 is 9.50 Å². The van der Waals surface area contributed by atoms with Crippen LogP contribution in [0.5, 0.6) is 5.88 Å². The van der Waals surface area contributed by atoms with Gasteiger partial charge >= 0.3 is 6.08 Å². The lowest BCUT2D eigenvalue weighted by molar-refractivity contribution is 0.433. The summed E-state index contributed by atoms with van der Waals surface area (Å²) >= 11 is 0. The van der Waals surface area contributed by atoms with Crippen molar-refractivity contribution in [3.05, 3.63) is 47.8 Å². The van der Waals surface area contributed by atoms with E-state index in [1.54, 1.807) is 0 Å². The quantitative estimate of drug-likeness (QED) is 0.674. The van der Waals surface area contributed by atoms with E-state index in [2.05, 4.69) is 19.9 Å². The Hall–Kier alpha value is -2.50. The van der Waals surface area contributed by atoms with Crippen LogP contribution in [0.1, 0.15) is 11.4 Å². The number of aromatic nitrogens is 4. The molecule has 3 aromatic rings. The maximum Gasteiger partial charge on any atom is 0.314 e. The second kappa shape index (κ2) is 4.06. The molecule has 2 N–H and O–H groups in total. The number of hydrogen-bond donors (Lipinski definition) is 2. The van der Waals surface area contributed by atoms with Crippen LogP contribution < -0.4 is 0 Å². The minimum Gasteiger partial charge on any atom is -0.492 e. The summed E-state index contributed by atoms with van der Waals surface area (Å²) in [6.07, 6.45) is -0.434. The molecule has 0 aliphatic rings. The number of nitrogens with zero attached hydrogens (tertiary/aromatic N) is 3. The summed E-state index contributed by atoms with van der Waals surface area (Å²) in [6.45, 7) is 0. The summed E-state index contributed by atoms with van der Waals surface area (Å²) in [7, 11) is 0. The van der Waals surface area contributed by atoms with Crippen LogP contribution in [0.4, 0.5) is 4.39 Å². The molecular formula is C12H9FN4O. The summed E-state index contributed by atoms with van der Waals surface area (Å²) in [5.74, 6) is 0.177. The van der Waals surface area contributed by atoms with Crippen LogP contribution >= 0.6 is 0 Å². The molecule has 0 amide bonds. The fourth-order valence-corrected chi connectivity index (χ4v) is 1.78. The topological polar surface area (TPSA) is 74.7 Å². The van der Waals surface area contributed by atoms with E-state index in [9.17, 15) is 9.50 Å². The SMILES string of the molecule is Oc1nc(F)nc2nc(Cc3ccccc3)[nH]c12. The van der Waals surface area contributed by atoms with Gasteiger partial charge in [0, 0.05) is 6.42 Å². The van der Waals surface area contributed by atoms with Gasteiger partial charge in [-0.15, -0.1) is 0 Å². The van der Waals surface area contributed by atoms with Crippen molar-refractivity contribution in [2.75, 3.05) is 0 Å². The Morgan fingerprint density at radius 3 is 2.67 bits per heavy atom. The molecule has 90 valence electrons. The maximum atomic E-state index is 12.9. The Morgan fingerprint density at radius 2 is 1.89 bits per heavy atom. The first-order valence-electron chi connectivity index (χ1n) is 5.37. The zero-order valence-corrected chi connectivity index (χ0v) is 9.26. The summed E-state index contributed by atoms with van der Waals surface area (Å²) in [6, 6.07) is 9.69. The number of aromatic hydroxyl groups is 1. The Labute approximate surface area is 101 Å². The standard InChI is InChI=1S/C12H9FN4O/c13-12-16-10-9(11(18)17-12)14-8(15-10)6-7-4-2-1-3-5-7/h1-5H,6H2,(H2,14,15,16,17,18). The average Bonchev–Trinajstić information content (AvgIpc) is 2.73. The monoisotopic (exact) mass is 244 g/mol. The summed E-state index contributed by atoms with van der Waals surface area (Å²) in [5, 5.41) is 9.47. The van der Waals surface area contributed by atoms with Crippen molar-refractivity contribution in [2.45, 2.75) is 6.42 Å². The van der Waals surface area contributed by atoms with Crippen molar-refractivity contribution in [3.63, 3.8) is 0 Å². The van der Waals surface area contributed by atoms with Gasteiger partial charge in [0.2, 0.25) is 5.88 Å². The predicted octanol–water partition coefficient (Wildman–Crippen LogP) is 1.79. The van der Waals surface area contributed by atoms with Crippen molar-refractivity contribution in [3.8, 4) is 5.88 Å². The highest BCUT2D eigenvalue weighted by molar-refractivity contribution is 5.75. The predicted molar refractivity (Wildman–Crippen MR) is 62.6 cm³/mol. The molecule has 2 heterocycles. The van der Waals surface area contributed by atoms with Crippen LogP contribution in [0.15, 0.2) is 30.3 Å². The van der Waals surface area contributed by atoms with Gasteiger partial charge < -0.3 is 10.1 Å². The van der Waals surface area contributed by atoms with E-state index in [0.717, 1.165) is 5.56 Å². The number of aromatic amines is 1. The van der Waals surface area contributed by atoms with Crippen molar-refractivity contribution >= 4 is 11.2 Å². The molecule has 0 atom stereocenters. The zero-order chi connectivity index (χ0) is 12.5. The summed E-state index contributed by atoms with van der Waals surface area (Å²) in [4.78, 5) is 13.8. The first kappa shape index (κ1) is 10.6. The van der Waals surface area contributed by atoms with Gasteiger partial charge in [-0.2, -0.15) is 14.4 Å². The average molecular weight is 244 g/mol. The smallest absolute Gasteiger partial charge is 0.314 e. The van der Waals surface area contributed by atoms with Crippen LogP contribution in [0.3, 0.4) is 0 Å². The lowest BCUT2D eigenvalue weighted by Crippen LogP contribution is -1.90. The van der Waals surface area contributed by atoms with Crippen LogP contribution in [0.25, 0.3) is 11.2 Å².